The van der Waals surface area contributed by atoms with Gasteiger partial charge in [-0.25, -0.2) is 0 Å². The number of hydrogen-bond donors (Lipinski definition) is 1. The number of carbonyl (C=O) groups is 1. The second kappa shape index (κ2) is 6.38. The van der Waals surface area contributed by atoms with Gasteiger partial charge in [0.25, 0.3) is 0 Å². The number of ether oxygens (including phenoxy) is 1. The molecule has 0 aromatic rings. The molecule has 0 bridgehead atoms. The van der Waals surface area contributed by atoms with Gasteiger partial charge in [-0.15, -0.1) is 0 Å². The van der Waals surface area contributed by atoms with Gasteiger partial charge in [0.1, 0.15) is 6.04 Å². The summed E-state index contributed by atoms with van der Waals surface area (Å²) in [5.41, 5.74) is 0. The van der Waals surface area contributed by atoms with Crippen molar-refractivity contribution in [3.05, 3.63) is 0 Å². The third-order valence-electron chi connectivity index (χ3n) is 2.75. The molecule has 0 radical (unpaired) electrons. The fraction of sp³-hybridized carbons (Fsp3) is 0.909. The molecule has 0 aromatic carbocycles. The van der Waals surface area contributed by atoms with Crippen molar-refractivity contribution in [2.24, 2.45) is 0 Å². The lowest BCUT2D eigenvalue weighted by molar-refractivity contribution is -0.145. The zero-order valence-electron chi connectivity index (χ0n) is 10.6. The van der Waals surface area contributed by atoms with E-state index in [0.717, 1.165) is 17.7 Å². The maximum atomic E-state index is 12.1. The van der Waals surface area contributed by atoms with Gasteiger partial charge in [-0.1, -0.05) is 0 Å². The zero-order chi connectivity index (χ0) is 13.8. The lowest BCUT2D eigenvalue weighted by Gasteiger charge is -2.22. The Morgan fingerprint density at radius 1 is 1.50 bits per heavy atom. The van der Waals surface area contributed by atoms with Crippen LogP contribution in [0.1, 0.15) is 19.3 Å². The van der Waals surface area contributed by atoms with Crippen molar-refractivity contribution < 1.29 is 22.7 Å². The fourth-order valence-electron chi connectivity index (χ4n) is 1.68. The van der Waals surface area contributed by atoms with E-state index < -0.39 is 24.7 Å². The number of methoxy groups -OCH3 is 1. The minimum absolute atomic E-state index is 0.193. The number of hydrogen-bond acceptors (Lipinski definition) is 4. The minimum Gasteiger partial charge on any atom is -0.468 e. The topological polar surface area (TPSA) is 41.6 Å². The summed E-state index contributed by atoms with van der Waals surface area (Å²) in [4.78, 5) is 12.6. The van der Waals surface area contributed by atoms with Gasteiger partial charge in [-0.3, -0.25) is 9.69 Å². The SMILES string of the molecule is COC(=O)C(CCN(C)CC(F)(F)F)NC1CC1. The van der Waals surface area contributed by atoms with Gasteiger partial charge in [0, 0.05) is 12.6 Å². The van der Waals surface area contributed by atoms with Gasteiger partial charge in [0.15, 0.2) is 0 Å². The van der Waals surface area contributed by atoms with Gasteiger partial charge in [0.2, 0.25) is 0 Å². The molecule has 0 saturated heterocycles. The number of carbonyl (C=O) groups excluding carboxylic acids is 1. The quantitative estimate of drug-likeness (QED) is 0.704. The normalized spacial score (nSPS) is 17.9. The highest BCUT2D eigenvalue weighted by atomic mass is 19.4. The van der Waals surface area contributed by atoms with Crippen molar-refractivity contribution in [2.45, 2.75) is 37.5 Å². The first-order chi connectivity index (χ1) is 8.31. The maximum Gasteiger partial charge on any atom is 0.401 e. The summed E-state index contributed by atoms with van der Waals surface area (Å²) in [7, 11) is 2.67. The van der Waals surface area contributed by atoms with Gasteiger partial charge < -0.3 is 10.1 Å². The van der Waals surface area contributed by atoms with Crippen LogP contribution in [-0.2, 0) is 9.53 Å². The molecule has 0 heterocycles. The number of esters is 1. The third kappa shape index (κ3) is 6.20. The molecule has 1 aliphatic carbocycles. The van der Waals surface area contributed by atoms with Crippen molar-refractivity contribution in [3.8, 4) is 0 Å². The van der Waals surface area contributed by atoms with Crippen LogP contribution in [0.3, 0.4) is 0 Å². The van der Waals surface area contributed by atoms with Crippen LogP contribution in [0.2, 0.25) is 0 Å². The van der Waals surface area contributed by atoms with E-state index in [1.165, 1.54) is 14.2 Å². The van der Waals surface area contributed by atoms with E-state index in [-0.39, 0.29) is 6.54 Å². The Labute approximate surface area is 104 Å². The summed E-state index contributed by atoms with van der Waals surface area (Å²) < 4.78 is 41.0. The first-order valence-electron chi connectivity index (χ1n) is 5.91. The number of alkyl halides is 3. The van der Waals surface area contributed by atoms with Crippen molar-refractivity contribution in [1.82, 2.24) is 10.2 Å². The second-order valence-electron chi connectivity index (χ2n) is 4.66. The van der Waals surface area contributed by atoms with Crippen molar-refractivity contribution in [3.63, 3.8) is 0 Å². The number of halogens is 3. The van der Waals surface area contributed by atoms with Gasteiger partial charge in [0.05, 0.1) is 13.7 Å². The van der Waals surface area contributed by atoms with E-state index in [1.54, 1.807) is 0 Å². The molecule has 1 unspecified atom stereocenters. The van der Waals surface area contributed by atoms with Crippen LogP contribution < -0.4 is 5.32 Å². The Balaban J connectivity index is 2.33. The Morgan fingerprint density at radius 3 is 2.56 bits per heavy atom. The molecular formula is C11H19F3N2O2. The second-order valence-corrected chi connectivity index (χ2v) is 4.66. The van der Waals surface area contributed by atoms with Gasteiger partial charge in [-0.05, 0) is 26.3 Å². The Morgan fingerprint density at radius 2 is 2.11 bits per heavy atom. The zero-order valence-corrected chi connectivity index (χ0v) is 10.6. The summed E-state index contributed by atoms with van der Waals surface area (Å²) in [6, 6.07) is -0.208. The van der Waals surface area contributed by atoms with Crippen molar-refractivity contribution in [1.29, 1.82) is 0 Å². The highest BCUT2D eigenvalue weighted by Gasteiger charge is 2.31. The average molecular weight is 268 g/mol. The molecule has 0 aliphatic heterocycles. The predicted molar refractivity (Wildman–Crippen MR) is 60.1 cm³/mol. The summed E-state index contributed by atoms with van der Waals surface area (Å²) in [5, 5.41) is 3.08. The largest absolute Gasteiger partial charge is 0.468 e. The number of rotatable bonds is 7. The molecule has 0 spiro atoms. The van der Waals surface area contributed by atoms with Gasteiger partial charge in [-0.2, -0.15) is 13.2 Å². The van der Waals surface area contributed by atoms with Crippen LogP contribution in [0, 0.1) is 0 Å². The van der Waals surface area contributed by atoms with E-state index in [1.807, 2.05) is 0 Å². The maximum absolute atomic E-state index is 12.1. The summed E-state index contributed by atoms with van der Waals surface area (Å²) in [6.45, 7) is -0.774. The van der Waals surface area contributed by atoms with Crippen LogP contribution in [0.25, 0.3) is 0 Å². The van der Waals surface area contributed by atoms with E-state index in [9.17, 15) is 18.0 Å². The Bertz CT molecular complexity index is 280. The first-order valence-corrected chi connectivity index (χ1v) is 5.91. The van der Waals surface area contributed by atoms with Crippen LogP contribution in [-0.4, -0.2) is 56.4 Å². The highest BCUT2D eigenvalue weighted by Crippen LogP contribution is 2.20. The van der Waals surface area contributed by atoms with E-state index >= 15 is 0 Å². The molecule has 1 rings (SSSR count). The molecule has 1 fully saturated rings. The fourth-order valence-corrected chi connectivity index (χ4v) is 1.68. The lowest BCUT2D eigenvalue weighted by Crippen LogP contribution is -2.42. The summed E-state index contributed by atoms with van der Waals surface area (Å²) >= 11 is 0. The highest BCUT2D eigenvalue weighted by molar-refractivity contribution is 5.75. The molecule has 1 N–H and O–H groups in total. The summed E-state index contributed by atoms with van der Waals surface area (Å²) in [6.07, 6.45) is -1.88. The minimum atomic E-state index is -4.21. The smallest absolute Gasteiger partial charge is 0.401 e. The van der Waals surface area contributed by atoms with Crippen LogP contribution in [0.5, 0.6) is 0 Å². The van der Waals surface area contributed by atoms with E-state index in [2.05, 4.69) is 10.1 Å². The molecule has 1 saturated carbocycles. The number of nitrogens with zero attached hydrogens (tertiary/aromatic N) is 1. The van der Waals surface area contributed by atoms with Crippen LogP contribution >= 0.6 is 0 Å². The molecule has 4 nitrogen and oxygen atoms in total. The Kier molecular flexibility index (Phi) is 5.40. The third-order valence-corrected chi connectivity index (χ3v) is 2.75. The molecule has 106 valence electrons. The molecule has 1 aliphatic rings. The van der Waals surface area contributed by atoms with Crippen molar-refractivity contribution >= 4 is 5.97 Å². The molecule has 0 aromatic heterocycles. The average Bonchev–Trinajstić information content (AvgIpc) is 3.04. The van der Waals surface area contributed by atoms with Crippen LogP contribution in [0.15, 0.2) is 0 Å². The first kappa shape index (κ1) is 15.2. The Hall–Kier alpha value is -0.820. The van der Waals surface area contributed by atoms with Gasteiger partial charge >= 0.3 is 12.1 Å². The summed E-state index contributed by atoms with van der Waals surface area (Å²) in [5.74, 6) is -0.415. The molecule has 7 heteroatoms. The predicted octanol–water partition coefficient (Wildman–Crippen LogP) is 1.16. The lowest BCUT2D eigenvalue weighted by atomic mass is 10.2. The molecule has 0 amide bonds. The molecule has 18 heavy (non-hydrogen) atoms. The van der Waals surface area contributed by atoms with Crippen LogP contribution in [0.4, 0.5) is 13.2 Å². The monoisotopic (exact) mass is 268 g/mol. The molecular weight excluding hydrogens is 249 g/mol. The van der Waals surface area contributed by atoms with Crippen molar-refractivity contribution in [2.75, 3.05) is 27.2 Å². The van der Waals surface area contributed by atoms with E-state index in [0.29, 0.717) is 12.5 Å². The number of nitrogens with one attached hydrogen (secondary N) is 1. The standard InChI is InChI=1S/C11H19F3N2O2/c1-16(7-11(12,13)14)6-5-9(10(17)18-2)15-8-3-4-8/h8-9,15H,3-7H2,1-2H3. The van der Waals surface area contributed by atoms with E-state index in [4.69, 9.17) is 0 Å². The molecule has 1 atom stereocenters.